The predicted molar refractivity (Wildman–Crippen MR) is 69.4 cm³/mol. The van der Waals surface area contributed by atoms with Gasteiger partial charge in [0.15, 0.2) is 0 Å². The van der Waals surface area contributed by atoms with Crippen LogP contribution in [0.25, 0.3) is 0 Å². The first-order valence-corrected chi connectivity index (χ1v) is 6.05. The largest absolute Gasteiger partial charge is 0.397 e. The molecule has 4 N–H and O–H groups in total. The standard InChI is InChI=1S/C12H17N3O3/c13-11-7-9(15(17)18)3-6-12(11)14-8-1-4-10(16)5-2-8/h3,6-8,10,14,16H,1-2,4-5,13H2/t8-,10-. The first-order valence-electron chi connectivity index (χ1n) is 6.05. The summed E-state index contributed by atoms with van der Waals surface area (Å²) in [6.07, 6.45) is 3.14. The number of nitro benzene ring substituents is 1. The molecular weight excluding hydrogens is 234 g/mol. The van der Waals surface area contributed by atoms with E-state index in [4.69, 9.17) is 5.73 Å². The Kier molecular flexibility index (Phi) is 3.66. The SMILES string of the molecule is Nc1cc([N+](=O)[O-])ccc1N[C@H]1CC[C@H](O)CC1. The highest BCUT2D eigenvalue weighted by Gasteiger charge is 2.20. The van der Waals surface area contributed by atoms with Crippen molar-refractivity contribution in [3.05, 3.63) is 28.3 Å². The van der Waals surface area contributed by atoms with Crippen LogP contribution in [0.1, 0.15) is 25.7 Å². The number of aliphatic hydroxyl groups excluding tert-OH is 1. The van der Waals surface area contributed by atoms with Crippen molar-refractivity contribution >= 4 is 17.1 Å². The zero-order valence-electron chi connectivity index (χ0n) is 10.0. The van der Waals surface area contributed by atoms with E-state index in [1.54, 1.807) is 6.07 Å². The molecule has 0 unspecified atom stereocenters. The van der Waals surface area contributed by atoms with Crippen LogP contribution in [0.3, 0.4) is 0 Å². The number of hydrogen-bond donors (Lipinski definition) is 3. The highest BCUT2D eigenvalue weighted by molar-refractivity contribution is 5.69. The fraction of sp³-hybridized carbons (Fsp3) is 0.500. The van der Waals surface area contributed by atoms with Crippen molar-refractivity contribution in [2.45, 2.75) is 37.8 Å². The molecule has 98 valence electrons. The number of nitro groups is 1. The summed E-state index contributed by atoms with van der Waals surface area (Å²) in [7, 11) is 0. The minimum absolute atomic E-state index is 0.00267. The average molecular weight is 251 g/mol. The Morgan fingerprint density at radius 1 is 1.33 bits per heavy atom. The highest BCUT2D eigenvalue weighted by atomic mass is 16.6. The van der Waals surface area contributed by atoms with E-state index in [0.717, 1.165) is 31.4 Å². The van der Waals surface area contributed by atoms with Crippen LogP contribution in [-0.4, -0.2) is 22.2 Å². The smallest absolute Gasteiger partial charge is 0.271 e. The minimum atomic E-state index is -0.461. The summed E-state index contributed by atoms with van der Waals surface area (Å²) in [6.45, 7) is 0. The molecule has 0 aromatic heterocycles. The zero-order chi connectivity index (χ0) is 13.1. The summed E-state index contributed by atoms with van der Waals surface area (Å²) in [5.74, 6) is 0. The number of non-ortho nitro benzene ring substituents is 1. The first kappa shape index (κ1) is 12.6. The molecule has 0 bridgehead atoms. The molecule has 0 aliphatic heterocycles. The molecular formula is C12H17N3O3. The summed E-state index contributed by atoms with van der Waals surface area (Å²) in [4.78, 5) is 10.1. The zero-order valence-corrected chi connectivity index (χ0v) is 10.0. The minimum Gasteiger partial charge on any atom is -0.397 e. The van der Waals surface area contributed by atoms with Crippen LogP contribution in [-0.2, 0) is 0 Å². The number of nitrogens with zero attached hydrogens (tertiary/aromatic N) is 1. The Morgan fingerprint density at radius 2 is 2.00 bits per heavy atom. The number of benzene rings is 1. The number of nitrogens with one attached hydrogen (secondary N) is 1. The maximum Gasteiger partial charge on any atom is 0.271 e. The van der Waals surface area contributed by atoms with E-state index < -0.39 is 4.92 Å². The second-order valence-corrected chi connectivity index (χ2v) is 4.68. The molecule has 0 atom stereocenters. The summed E-state index contributed by atoms with van der Waals surface area (Å²) >= 11 is 0. The van der Waals surface area contributed by atoms with Gasteiger partial charge in [-0.1, -0.05) is 0 Å². The molecule has 18 heavy (non-hydrogen) atoms. The number of aliphatic hydroxyl groups is 1. The molecule has 0 heterocycles. The third kappa shape index (κ3) is 2.89. The predicted octanol–water partition coefficient (Wildman–Crippen LogP) is 1.89. The lowest BCUT2D eigenvalue weighted by atomic mass is 9.93. The van der Waals surface area contributed by atoms with E-state index >= 15 is 0 Å². The van der Waals surface area contributed by atoms with Crippen LogP contribution in [0.4, 0.5) is 17.1 Å². The van der Waals surface area contributed by atoms with E-state index in [0.29, 0.717) is 5.69 Å². The molecule has 6 nitrogen and oxygen atoms in total. The van der Waals surface area contributed by atoms with Gasteiger partial charge in [-0.25, -0.2) is 0 Å². The molecule has 2 rings (SSSR count). The molecule has 6 heteroatoms. The number of anilines is 2. The Hall–Kier alpha value is -1.82. The van der Waals surface area contributed by atoms with E-state index in [1.807, 2.05) is 0 Å². The van der Waals surface area contributed by atoms with Gasteiger partial charge >= 0.3 is 0 Å². The van der Waals surface area contributed by atoms with Crippen molar-refractivity contribution in [2.24, 2.45) is 0 Å². The van der Waals surface area contributed by atoms with Gasteiger partial charge in [0.05, 0.1) is 22.4 Å². The molecule has 1 aromatic rings. The molecule has 1 aromatic carbocycles. The van der Waals surface area contributed by atoms with Gasteiger partial charge in [-0.05, 0) is 31.7 Å². The summed E-state index contributed by atoms with van der Waals surface area (Å²) in [6, 6.07) is 4.71. The van der Waals surface area contributed by atoms with Crippen LogP contribution in [0.5, 0.6) is 0 Å². The topological polar surface area (TPSA) is 101 Å². The maximum atomic E-state index is 10.6. The summed E-state index contributed by atoms with van der Waals surface area (Å²) in [5.41, 5.74) is 6.89. The van der Waals surface area contributed by atoms with Crippen molar-refractivity contribution in [1.29, 1.82) is 0 Å². The molecule has 0 saturated heterocycles. The Labute approximate surface area is 105 Å². The van der Waals surface area contributed by atoms with Crippen LogP contribution < -0.4 is 11.1 Å². The molecule has 0 amide bonds. The number of nitrogens with two attached hydrogens (primary N) is 1. The van der Waals surface area contributed by atoms with Crippen LogP contribution >= 0.6 is 0 Å². The van der Waals surface area contributed by atoms with Gasteiger partial charge in [0.1, 0.15) is 0 Å². The Bertz CT molecular complexity index is 442. The van der Waals surface area contributed by atoms with E-state index in [1.165, 1.54) is 12.1 Å². The molecule has 1 fully saturated rings. The summed E-state index contributed by atoms with van der Waals surface area (Å²) in [5, 5.41) is 23.3. The third-order valence-corrected chi connectivity index (χ3v) is 3.30. The van der Waals surface area contributed by atoms with Gasteiger partial charge in [-0.2, -0.15) is 0 Å². The fourth-order valence-corrected chi connectivity index (χ4v) is 2.24. The monoisotopic (exact) mass is 251 g/mol. The first-order chi connectivity index (χ1) is 8.56. The number of hydrogen-bond acceptors (Lipinski definition) is 5. The van der Waals surface area contributed by atoms with Crippen molar-refractivity contribution in [1.82, 2.24) is 0 Å². The normalized spacial score (nSPS) is 23.6. The maximum absolute atomic E-state index is 10.6. The quantitative estimate of drug-likeness (QED) is 0.432. The summed E-state index contributed by atoms with van der Waals surface area (Å²) < 4.78 is 0. The molecule has 1 aliphatic carbocycles. The molecule has 1 saturated carbocycles. The molecule has 0 spiro atoms. The Morgan fingerprint density at radius 3 is 2.56 bits per heavy atom. The third-order valence-electron chi connectivity index (χ3n) is 3.30. The number of rotatable bonds is 3. The van der Waals surface area contributed by atoms with Crippen molar-refractivity contribution in [3.8, 4) is 0 Å². The highest BCUT2D eigenvalue weighted by Crippen LogP contribution is 2.28. The number of nitrogen functional groups attached to an aromatic ring is 1. The lowest BCUT2D eigenvalue weighted by Crippen LogP contribution is -2.28. The lowest BCUT2D eigenvalue weighted by molar-refractivity contribution is -0.384. The van der Waals surface area contributed by atoms with Gasteiger partial charge in [0, 0.05) is 18.2 Å². The Balaban J connectivity index is 2.03. The van der Waals surface area contributed by atoms with Gasteiger partial charge in [-0.15, -0.1) is 0 Å². The van der Waals surface area contributed by atoms with Crippen molar-refractivity contribution in [3.63, 3.8) is 0 Å². The van der Waals surface area contributed by atoms with Crippen LogP contribution in [0, 0.1) is 10.1 Å². The van der Waals surface area contributed by atoms with E-state index in [-0.39, 0.29) is 17.8 Å². The van der Waals surface area contributed by atoms with Crippen LogP contribution in [0.2, 0.25) is 0 Å². The molecule has 1 aliphatic rings. The second kappa shape index (κ2) is 5.22. The average Bonchev–Trinajstić information content (AvgIpc) is 2.34. The lowest BCUT2D eigenvalue weighted by Gasteiger charge is -2.27. The molecule has 0 radical (unpaired) electrons. The van der Waals surface area contributed by atoms with E-state index in [2.05, 4.69) is 5.32 Å². The fourth-order valence-electron chi connectivity index (χ4n) is 2.24. The van der Waals surface area contributed by atoms with Crippen LogP contribution in [0.15, 0.2) is 18.2 Å². The van der Waals surface area contributed by atoms with Gasteiger partial charge < -0.3 is 16.2 Å². The van der Waals surface area contributed by atoms with Crippen molar-refractivity contribution < 1.29 is 10.0 Å². The second-order valence-electron chi connectivity index (χ2n) is 4.68. The van der Waals surface area contributed by atoms with E-state index in [9.17, 15) is 15.2 Å². The van der Waals surface area contributed by atoms with Gasteiger partial charge in [-0.3, -0.25) is 10.1 Å². The van der Waals surface area contributed by atoms with Crippen molar-refractivity contribution in [2.75, 3.05) is 11.1 Å². The van der Waals surface area contributed by atoms with Gasteiger partial charge in [0.25, 0.3) is 5.69 Å². The van der Waals surface area contributed by atoms with Gasteiger partial charge in [0.2, 0.25) is 0 Å².